The van der Waals surface area contributed by atoms with Crippen molar-refractivity contribution in [2.24, 2.45) is 0 Å². The summed E-state index contributed by atoms with van der Waals surface area (Å²) < 4.78 is 10.8. The third-order valence-corrected chi connectivity index (χ3v) is 2.93. The third-order valence-electron chi connectivity index (χ3n) is 2.93. The molecule has 0 aliphatic carbocycles. The van der Waals surface area contributed by atoms with Crippen molar-refractivity contribution in [3.05, 3.63) is 41.7 Å². The van der Waals surface area contributed by atoms with Crippen LogP contribution < -0.4 is 4.74 Å². The van der Waals surface area contributed by atoms with Gasteiger partial charge in [-0.2, -0.15) is 0 Å². The van der Waals surface area contributed by atoms with E-state index in [9.17, 15) is 4.79 Å². The van der Waals surface area contributed by atoms with Gasteiger partial charge in [-0.3, -0.25) is 4.79 Å². The molecule has 1 heterocycles. The zero-order chi connectivity index (χ0) is 14.0. The summed E-state index contributed by atoms with van der Waals surface area (Å²) in [6.07, 6.45) is 0. The van der Waals surface area contributed by atoms with Crippen LogP contribution >= 0.6 is 0 Å². The second-order valence-electron chi connectivity index (χ2n) is 4.51. The molecule has 0 saturated carbocycles. The van der Waals surface area contributed by atoms with E-state index < -0.39 is 0 Å². The number of carbonyl (C=O) groups is 1. The van der Waals surface area contributed by atoms with Gasteiger partial charge < -0.3 is 14.1 Å². The number of hydrogen-bond acceptors (Lipinski definition) is 3. The monoisotopic (exact) mass is 259 g/mol. The molecule has 4 nitrogen and oxygen atoms in total. The van der Waals surface area contributed by atoms with Crippen LogP contribution in [0.3, 0.4) is 0 Å². The Morgan fingerprint density at radius 1 is 1.21 bits per heavy atom. The average molecular weight is 259 g/mol. The van der Waals surface area contributed by atoms with E-state index in [0.29, 0.717) is 17.1 Å². The summed E-state index contributed by atoms with van der Waals surface area (Å²) in [5, 5.41) is 0. The normalized spacial score (nSPS) is 10.3. The first-order valence-corrected chi connectivity index (χ1v) is 5.99. The Labute approximate surface area is 112 Å². The first-order valence-electron chi connectivity index (χ1n) is 5.99. The van der Waals surface area contributed by atoms with Crippen molar-refractivity contribution in [2.45, 2.75) is 6.92 Å². The Bertz CT molecular complexity index is 582. The Kier molecular flexibility index (Phi) is 3.60. The maximum atomic E-state index is 12.0. The topological polar surface area (TPSA) is 42.7 Å². The average Bonchev–Trinajstić information content (AvgIpc) is 2.80. The molecule has 19 heavy (non-hydrogen) atoms. The fourth-order valence-corrected chi connectivity index (χ4v) is 1.83. The molecule has 2 rings (SSSR count). The highest BCUT2D eigenvalue weighted by molar-refractivity contribution is 5.96. The standard InChI is InChI=1S/C15H17NO3/c1-10-13(15(17)16(2)3)9-14(19-10)11-5-7-12(18-4)8-6-11/h5-9H,1-4H3. The fraction of sp³-hybridized carbons (Fsp3) is 0.267. The third kappa shape index (κ3) is 2.62. The summed E-state index contributed by atoms with van der Waals surface area (Å²) in [5.74, 6) is 2.05. The van der Waals surface area contributed by atoms with Gasteiger partial charge in [0.2, 0.25) is 0 Å². The zero-order valence-electron chi connectivity index (χ0n) is 11.6. The highest BCUT2D eigenvalue weighted by Gasteiger charge is 2.17. The van der Waals surface area contributed by atoms with E-state index in [4.69, 9.17) is 9.15 Å². The van der Waals surface area contributed by atoms with E-state index in [1.807, 2.05) is 24.3 Å². The molecule has 0 radical (unpaired) electrons. The summed E-state index contributed by atoms with van der Waals surface area (Å²) in [6.45, 7) is 1.80. The molecule has 0 N–H and O–H groups in total. The molecule has 0 aliphatic rings. The van der Waals surface area contributed by atoms with E-state index in [0.717, 1.165) is 11.3 Å². The number of carbonyl (C=O) groups excluding carboxylic acids is 1. The molecule has 0 bridgehead atoms. The van der Waals surface area contributed by atoms with Gasteiger partial charge in [0.15, 0.2) is 0 Å². The van der Waals surface area contributed by atoms with Gasteiger partial charge in [0.25, 0.3) is 5.91 Å². The number of furan rings is 1. The SMILES string of the molecule is COc1ccc(-c2cc(C(=O)N(C)C)c(C)o2)cc1. The molecule has 4 heteroatoms. The van der Waals surface area contributed by atoms with Crippen LogP contribution in [0.25, 0.3) is 11.3 Å². The molecule has 1 aromatic carbocycles. The second kappa shape index (κ2) is 5.18. The van der Waals surface area contributed by atoms with Crippen LogP contribution in [0.4, 0.5) is 0 Å². The van der Waals surface area contributed by atoms with Gasteiger partial charge in [-0.25, -0.2) is 0 Å². The van der Waals surface area contributed by atoms with Crippen LogP contribution in [-0.2, 0) is 0 Å². The van der Waals surface area contributed by atoms with Crippen LogP contribution in [0.2, 0.25) is 0 Å². The highest BCUT2D eigenvalue weighted by Crippen LogP contribution is 2.27. The highest BCUT2D eigenvalue weighted by atomic mass is 16.5. The smallest absolute Gasteiger partial charge is 0.256 e. The van der Waals surface area contributed by atoms with Gasteiger partial charge in [-0.05, 0) is 37.3 Å². The van der Waals surface area contributed by atoms with Crippen LogP contribution in [0, 0.1) is 6.92 Å². The number of hydrogen-bond donors (Lipinski definition) is 0. The first kappa shape index (κ1) is 13.2. The van der Waals surface area contributed by atoms with E-state index in [1.165, 1.54) is 4.90 Å². The Morgan fingerprint density at radius 2 is 1.84 bits per heavy atom. The zero-order valence-corrected chi connectivity index (χ0v) is 11.6. The quantitative estimate of drug-likeness (QED) is 0.851. The number of methoxy groups -OCH3 is 1. The summed E-state index contributed by atoms with van der Waals surface area (Å²) in [4.78, 5) is 13.5. The predicted octanol–water partition coefficient (Wildman–Crippen LogP) is 2.97. The van der Waals surface area contributed by atoms with E-state index in [2.05, 4.69) is 0 Å². The minimum atomic E-state index is -0.0546. The fourth-order valence-electron chi connectivity index (χ4n) is 1.83. The summed E-state index contributed by atoms with van der Waals surface area (Å²) in [6, 6.07) is 9.31. The lowest BCUT2D eigenvalue weighted by molar-refractivity contribution is 0.0826. The molecular formula is C15H17NO3. The van der Waals surface area contributed by atoms with Gasteiger partial charge in [0.05, 0.1) is 12.7 Å². The lowest BCUT2D eigenvalue weighted by atomic mass is 10.1. The molecule has 2 aromatic rings. The number of amides is 1. The number of ether oxygens (including phenoxy) is 1. The van der Waals surface area contributed by atoms with Crippen molar-refractivity contribution in [1.29, 1.82) is 0 Å². The summed E-state index contributed by atoms with van der Waals surface area (Å²) in [7, 11) is 5.07. The molecule has 1 amide bonds. The van der Waals surface area contributed by atoms with Gasteiger partial charge in [0.1, 0.15) is 17.3 Å². The van der Waals surface area contributed by atoms with E-state index >= 15 is 0 Å². The second-order valence-corrected chi connectivity index (χ2v) is 4.51. The lowest BCUT2D eigenvalue weighted by Gasteiger charge is -2.08. The number of benzene rings is 1. The van der Waals surface area contributed by atoms with Gasteiger partial charge in [0, 0.05) is 19.7 Å². The minimum Gasteiger partial charge on any atom is -0.497 e. The molecule has 0 spiro atoms. The van der Waals surface area contributed by atoms with Gasteiger partial charge in [-0.1, -0.05) is 0 Å². The molecule has 0 fully saturated rings. The molecule has 1 aromatic heterocycles. The van der Waals surface area contributed by atoms with Crippen LogP contribution in [0.1, 0.15) is 16.1 Å². The van der Waals surface area contributed by atoms with Crippen molar-refractivity contribution in [2.75, 3.05) is 21.2 Å². The van der Waals surface area contributed by atoms with Crippen molar-refractivity contribution < 1.29 is 13.9 Å². The number of nitrogens with zero attached hydrogens (tertiary/aromatic N) is 1. The molecule has 100 valence electrons. The van der Waals surface area contributed by atoms with Crippen LogP contribution in [0.5, 0.6) is 5.75 Å². The Morgan fingerprint density at radius 3 is 2.37 bits per heavy atom. The van der Waals surface area contributed by atoms with Crippen molar-refractivity contribution >= 4 is 5.91 Å². The number of rotatable bonds is 3. The predicted molar refractivity (Wildman–Crippen MR) is 73.5 cm³/mol. The summed E-state index contributed by atoms with van der Waals surface area (Å²) >= 11 is 0. The summed E-state index contributed by atoms with van der Waals surface area (Å²) in [5.41, 5.74) is 1.51. The van der Waals surface area contributed by atoms with Gasteiger partial charge in [-0.15, -0.1) is 0 Å². The first-order chi connectivity index (χ1) is 9.02. The Hall–Kier alpha value is -2.23. The van der Waals surface area contributed by atoms with Crippen molar-refractivity contribution in [1.82, 2.24) is 4.90 Å². The van der Waals surface area contributed by atoms with Crippen LogP contribution in [-0.4, -0.2) is 32.0 Å². The number of aryl methyl sites for hydroxylation is 1. The molecule has 0 saturated heterocycles. The maximum absolute atomic E-state index is 12.0. The largest absolute Gasteiger partial charge is 0.497 e. The lowest BCUT2D eigenvalue weighted by Crippen LogP contribution is -2.21. The maximum Gasteiger partial charge on any atom is 0.256 e. The molecule has 0 atom stereocenters. The molecular weight excluding hydrogens is 242 g/mol. The van der Waals surface area contributed by atoms with Crippen molar-refractivity contribution in [3.8, 4) is 17.1 Å². The van der Waals surface area contributed by atoms with Crippen molar-refractivity contribution in [3.63, 3.8) is 0 Å². The minimum absolute atomic E-state index is 0.0546. The van der Waals surface area contributed by atoms with E-state index in [-0.39, 0.29) is 5.91 Å². The molecule has 0 aliphatic heterocycles. The van der Waals surface area contributed by atoms with Gasteiger partial charge >= 0.3 is 0 Å². The Balaban J connectivity index is 2.35. The van der Waals surface area contributed by atoms with Crippen LogP contribution in [0.15, 0.2) is 34.7 Å². The van der Waals surface area contributed by atoms with E-state index in [1.54, 1.807) is 34.2 Å². The molecule has 0 unspecified atom stereocenters.